The predicted octanol–water partition coefficient (Wildman–Crippen LogP) is 4.46. The van der Waals surface area contributed by atoms with Gasteiger partial charge in [-0.2, -0.15) is 0 Å². The Labute approximate surface area is 227 Å². The van der Waals surface area contributed by atoms with Crippen LogP contribution in [-0.2, 0) is 9.53 Å². The molecule has 8 nitrogen and oxygen atoms in total. The zero-order valence-electron chi connectivity index (χ0n) is 19.3. The van der Waals surface area contributed by atoms with Crippen molar-refractivity contribution in [3.63, 3.8) is 0 Å². The number of aliphatic carboxylic acids is 1. The fourth-order valence-electron chi connectivity index (χ4n) is 1.57. The van der Waals surface area contributed by atoms with Crippen LogP contribution in [0.4, 0.5) is 0 Å². The average Bonchev–Trinajstić information content (AvgIpc) is 2.80. The van der Waals surface area contributed by atoms with Crippen LogP contribution >= 0.6 is 0 Å². The number of methoxy groups -OCH3 is 1. The number of ether oxygens (including phenoxy) is 1. The molecule has 0 saturated carbocycles. The third-order valence-electron chi connectivity index (χ3n) is 3.45. The summed E-state index contributed by atoms with van der Waals surface area (Å²) in [5.41, 5.74) is 0.614. The first-order chi connectivity index (χ1) is 15.6. The van der Waals surface area contributed by atoms with E-state index in [1.807, 2.05) is 6.92 Å². The number of allylic oxidation sites excluding steroid dienone is 3. The normalized spacial score (nSPS) is 9.48. The zero-order valence-corrected chi connectivity index (χ0v) is 22.4. The van der Waals surface area contributed by atoms with Gasteiger partial charge in [0.1, 0.15) is 11.5 Å². The molecule has 0 amide bonds. The van der Waals surface area contributed by atoms with Crippen molar-refractivity contribution in [2.75, 3.05) is 7.11 Å². The van der Waals surface area contributed by atoms with E-state index in [9.17, 15) is 14.4 Å². The van der Waals surface area contributed by atoms with E-state index in [2.05, 4.69) is 11.7 Å². The van der Waals surface area contributed by atoms with E-state index in [4.69, 9.17) is 20.4 Å². The van der Waals surface area contributed by atoms with Gasteiger partial charge in [-0.3, -0.25) is 0 Å². The summed E-state index contributed by atoms with van der Waals surface area (Å²) in [6.07, 6.45) is 7.38. The third kappa shape index (κ3) is 19.9. The summed E-state index contributed by atoms with van der Waals surface area (Å²) in [5, 5.41) is 34.0. The van der Waals surface area contributed by atoms with Crippen LogP contribution in [0.1, 0.15) is 41.0 Å². The minimum Gasteiger partial charge on any atom is -0.508 e. The maximum Gasteiger partial charge on any atom is 0.337 e. The number of carboxylic acids is 2. The van der Waals surface area contributed by atoms with Crippen LogP contribution in [0.2, 0.25) is 0.515 Å². The molecule has 0 fully saturated rings. The third-order valence-corrected chi connectivity index (χ3v) is 5.01. The molecule has 33 heavy (non-hydrogen) atoms. The van der Waals surface area contributed by atoms with Crippen LogP contribution in [-0.4, -0.2) is 94.4 Å². The van der Waals surface area contributed by atoms with Gasteiger partial charge in [0.15, 0.2) is 0 Å². The molecule has 2 aromatic carbocycles. The molecule has 0 atom stereocenters. The van der Waals surface area contributed by atoms with Gasteiger partial charge in [-0.25, -0.2) is 14.4 Å². The average molecular weight is 485 g/mol. The van der Waals surface area contributed by atoms with E-state index in [1.165, 1.54) is 68.7 Å². The number of benzene rings is 2. The van der Waals surface area contributed by atoms with Crippen molar-refractivity contribution in [2.24, 2.45) is 0 Å². The SMILES string of the molecule is CC=CC=CC(=O)O.CC[CH2][K].COC(=O)c1ccc(O)cc1.O=C(O)c1ccc(O)cc1. The molecule has 2 aromatic rings. The maximum atomic E-state index is 10.8. The van der Waals surface area contributed by atoms with Crippen molar-refractivity contribution >= 4 is 66.9 Å². The van der Waals surface area contributed by atoms with Gasteiger partial charge in [-0.1, -0.05) is 18.2 Å². The number of rotatable bonds is 5. The number of phenols is 2. The number of phenolic OH excluding ortho intramolecular Hbond substituents is 2. The topological polar surface area (TPSA) is 141 Å². The molecular formula is C24H29KO8. The van der Waals surface area contributed by atoms with E-state index >= 15 is 0 Å². The van der Waals surface area contributed by atoms with E-state index in [0.717, 1.165) is 55.0 Å². The van der Waals surface area contributed by atoms with E-state index in [-0.39, 0.29) is 17.1 Å². The molecule has 9 heteroatoms. The molecule has 174 valence electrons. The molecule has 0 heterocycles. The standard InChI is InChI=1S/C8H8O3.C7H6O3.C6H8O2.C3H7.K/c1-11-8(10)6-2-4-7(9)5-3-6;8-6-3-1-5(2-4-6)7(9)10;1-2-3-4-5-6(7)8;1-3-2;/h2-5,9H,1H3;1-4,8H,(H,9,10);2-5H,1H3,(H,7,8);1,3H2,2H3;. The van der Waals surface area contributed by atoms with Crippen molar-refractivity contribution in [1.29, 1.82) is 0 Å². The van der Waals surface area contributed by atoms with E-state index in [1.54, 1.807) is 12.2 Å². The van der Waals surface area contributed by atoms with Crippen LogP contribution in [0.5, 0.6) is 11.5 Å². The fourth-order valence-corrected chi connectivity index (χ4v) is 1.57. The summed E-state index contributed by atoms with van der Waals surface area (Å²) in [5.74, 6) is -2.09. The Bertz CT molecular complexity index is 870. The number of carbonyl (C=O) groups is 3. The van der Waals surface area contributed by atoms with Crippen molar-refractivity contribution in [2.45, 2.75) is 20.8 Å². The quantitative estimate of drug-likeness (QED) is 0.211. The van der Waals surface area contributed by atoms with Gasteiger partial charge in [-0.15, -0.1) is 0 Å². The molecule has 0 aliphatic rings. The number of carboxylic acid groups (broad SMARTS) is 2. The molecule has 0 radical (unpaired) electrons. The molecule has 2 rings (SSSR count). The minimum absolute atomic E-state index is 0.0741. The Balaban J connectivity index is 0. The van der Waals surface area contributed by atoms with Crippen molar-refractivity contribution < 1.29 is 39.5 Å². The first-order valence-electron chi connectivity index (χ1n) is 10.0. The first-order valence-corrected chi connectivity index (χ1v) is 12.3. The number of hydrogen-bond acceptors (Lipinski definition) is 6. The smallest absolute Gasteiger partial charge is 0.337 e. The van der Waals surface area contributed by atoms with Gasteiger partial charge in [0, 0.05) is 6.08 Å². The second kappa shape index (κ2) is 21.4. The number of aromatic carboxylic acids is 1. The first kappa shape index (κ1) is 32.7. The van der Waals surface area contributed by atoms with E-state index < -0.39 is 17.9 Å². The largest absolute Gasteiger partial charge is 0.508 e. The van der Waals surface area contributed by atoms with Gasteiger partial charge in [0.05, 0.1) is 18.2 Å². The monoisotopic (exact) mass is 484 g/mol. The Morgan fingerprint density at radius 1 is 0.879 bits per heavy atom. The number of carbonyl (C=O) groups excluding carboxylic acids is 1. The predicted molar refractivity (Wildman–Crippen MR) is 127 cm³/mol. The van der Waals surface area contributed by atoms with Crippen molar-refractivity contribution in [1.82, 2.24) is 0 Å². The molecular weight excluding hydrogens is 455 g/mol. The van der Waals surface area contributed by atoms with Crippen LogP contribution in [0.15, 0.2) is 72.8 Å². The summed E-state index contributed by atoms with van der Waals surface area (Å²) < 4.78 is 5.96. The minimum atomic E-state index is -0.986. The second-order valence-corrected chi connectivity index (χ2v) is 7.68. The molecule has 0 spiro atoms. The van der Waals surface area contributed by atoms with Crippen LogP contribution in [0.3, 0.4) is 0 Å². The summed E-state index contributed by atoms with van der Waals surface area (Å²) in [6.45, 7) is 4.05. The number of aromatic hydroxyl groups is 2. The Kier molecular flexibility index (Phi) is 21.2. The van der Waals surface area contributed by atoms with Gasteiger partial charge < -0.3 is 25.2 Å². The Morgan fingerprint density at radius 2 is 1.30 bits per heavy atom. The van der Waals surface area contributed by atoms with Crippen molar-refractivity contribution in [3.8, 4) is 11.5 Å². The summed E-state index contributed by atoms with van der Waals surface area (Å²) in [7, 11) is 1.31. The summed E-state index contributed by atoms with van der Waals surface area (Å²) >= 11 is 1.11. The summed E-state index contributed by atoms with van der Waals surface area (Å²) in [4.78, 5) is 30.8. The summed E-state index contributed by atoms with van der Waals surface area (Å²) in [6, 6.07) is 11.2. The Morgan fingerprint density at radius 3 is 1.61 bits per heavy atom. The molecule has 0 unspecified atom stereocenters. The molecule has 0 saturated heterocycles. The molecule has 0 bridgehead atoms. The van der Waals surface area contributed by atoms with Crippen LogP contribution < -0.4 is 0 Å². The number of hydrogen-bond donors (Lipinski definition) is 4. The number of esters is 1. The molecule has 0 aromatic heterocycles. The van der Waals surface area contributed by atoms with E-state index in [0.29, 0.717) is 5.56 Å². The van der Waals surface area contributed by atoms with Gasteiger partial charge in [0.2, 0.25) is 0 Å². The van der Waals surface area contributed by atoms with Crippen molar-refractivity contribution in [3.05, 3.63) is 84.0 Å². The second-order valence-electron chi connectivity index (χ2n) is 6.11. The van der Waals surface area contributed by atoms with Gasteiger partial charge in [-0.05, 0) is 55.5 Å². The van der Waals surface area contributed by atoms with Crippen LogP contribution in [0, 0.1) is 0 Å². The van der Waals surface area contributed by atoms with Gasteiger partial charge >= 0.3 is 80.7 Å². The van der Waals surface area contributed by atoms with Crippen LogP contribution in [0.25, 0.3) is 0 Å². The molecule has 0 aliphatic carbocycles. The fraction of sp³-hybridized carbons (Fsp3) is 0.208. The zero-order chi connectivity index (χ0) is 25.6. The maximum absolute atomic E-state index is 10.8. The molecule has 4 N–H and O–H groups in total. The Hall–Kier alpha value is -2.43. The molecule has 0 aliphatic heterocycles. The van der Waals surface area contributed by atoms with Gasteiger partial charge in [0.25, 0.3) is 0 Å².